The third-order valence-electron chi connectivity index (χ3n) is 3.85. The minimum Gasteiger partial charge on any atom is -0.496 e. The highest BCUT2D eigenvalue weighted by atomic mass is 79.9. The Morgan fingerprint density at radius 2 is 2.16 bits per heavy atom. The van der Waals surface area contributed by atoms with Gasteiger partial charge in [0, 0.05) is 29.0 Å². The Kier molecular flexibility index (Phi) is 4.85. The van der Waals surface area contributed by atoms with Crippen molar-refractivity contribution in [2.24, 2.45) is 0 Å². The lowest BCUT2D eigenvalue weighted by Crippen LogP contribution is -2.31. The van der Waals surface area contributed by atoms with Gasteiger partial charge in [-0.15, -0.1) is 0 Å². The number of rotatable bonds is 4. The van der Waals surface area contributed by atoms with Crippen molar-refractivity contribution in [2.45, 2.75) is 13.5 Å². The van der Waals surface area contributed by atoms with Gasteiger partial charge in [-0.3, -0.25) is 14.0 Å². The fourth-order valence-electron chi connectivity index (χ4n) is 2.56. The third-order valence-corrected chi connectivity index (χ3v) is 4.35. The Labute approximate surface area is 152 Å². The maximum atomic E-state index is 12.5. The smallest absolute Gasteiger partial charge is 0.270 e. The summed E-state index contributed by atoms with van der Waals surface area (Å²) in [5, 5.41) is 2.74. The first-order valence-corrected chi connectivity index (χ1v) is 8.38. The largest absolute Gasteiger partial charge is 0.496 e. The molecule has 0 spiro atoms. The van der Waals surface area contributed by atoms with Crippen molar-refractivity contribution in [1.82, 2.24) is 14.7 Å². The van der Waals surface area contributed by atoms with Gasteiger partial charge in [-0.1, -0.05) is 22.0 Å². The van der Waals surface area contributed by atoms with Gasteiger partial charge in [-0.2, -0.15) is 0 Å². The van der Waals surface area contributed by atoms with Crippen LogP contribution in [0.5, 0.6) is 5.75 Å². The summed E-state index contributed by atoms with van der Waals surface area (Å²) in [6.07, 6.45) is 2.92. The molecule has 0 fully saturated rings. The van der Waals surface area contributed by atoms with E-state index in [1.165, 1.54) is 10.6 Å². The van der Waals surface area contributed by atoms with Crippen LogP contribution in [-0.2, 0) is 6.54 Å². The molecule has 0 aliphatic rings. The second kappa shape index (κ2) is 7.06. The number of aryl methyl sites for hydroxylation is 1. The first-order chi connectivity index (χ1) is 12.0. The van der Waals surface area contributed by atoms with Gasteiger partial charge in [0.15, 0.2) is 0 Å². The molecule has 0 bridgehead atoms. The quantitative estimate of drug-likeness (QED) is 0.729. The number of benzene rings is 1. The number of nitrogens with one attached hydrogen (secondary N) is 1. The Hall–Kier alpha value is -2.67. The first-order valence-electron chi connectivity index (χ1n) is 7.59. The second-order valence-electron chi connectivity index (χ2n) is 5.50. The SMILES string of the molecule is COc1ccc(Br)cc1CNC(=O)c1cnc2c(C)cccn2c1=O. The molecule has 0 aliphatic heterocycles. The van der Waals surface area contributed by atoms with Crippen molar-refractivity contribution in [3.05, 3.63) is 74.2 Å². The van der Waals surface area contributed by atoms with E-state index in [9.17, 15) is 9.59 Å². The lowest BCUT2D eigenvalue weighted by Gasteiger charge is -2.10. The number of amides is 1. The van der Waals surface area contributed by atoms with Crippen molar-refractivity contribution in [3.8, 4) is 5.75 Å². The van der Waals surface area contributed by atoms with E-state index in [-0.39, 0.29) is 12.1 Å². The second-order valence-corrected chi connectivity index (χ2v) is 6.42. The van der Waals surface area contributed by atoms with E-state index in [0.717, 1.165) is 15.6 Å². The zero-order chi connectivity index (χ0) is 18.0. The van der Waals surface area contributed by atoms with Gasteiger partial charge in [-0.25, -0.2) is 4.98 Å². The van der Waals surface area contributed by atoms with Crippen LogP contribution in [0.15, 0.2) is 52.0 Å². The molecule has 0 radical (unpaired) electrons. The van der Waals surface area contributed by atoms with Gasteiger partial charge >= 0.3 is 0 Å². The highest BCUT2D eigenvalue weighted by Crippen LogP contribution is 2.22. The van der Waals surface area contributed by atoms with Gasteiger partial charge in [0.2, 0.25) is 0 Å². The summed E-state index contributed by atoms with van der Waals surface area (Å²) in [7, 11) is 1.57. The molecular weight excluding hydrogens is 386 g/mol. The van der Waals surface area contributed by atoms with Crippen molar-refractivity contribution < 1.29 is 9.53 Å². The average Bonchev–Trinajstić information content (AvgIpc) is 2.61. The highest BCUT2D eigenvalue weighted by Gasteiger charge is 2.14. The van der Waals surface area contributed by atoms with Gasteiger partial charge in [0.25, 0.3) is 11.5 Å². The van der Waals surface area contributed by atoms with Crippen molar-refractivity contribution in [3.63, 3.8) is 0 Å². The molecule has 128 valence electrons. The van der Waals surface area contributed by atoms with Gasteiger partial charge < -0.3 is 10.1 Å². The maximum Gasteiger partial charge on any atom is 0.270 e. The van der Waals surface area contributed by atoms with E-state index in [1.54, 1.807) is 25.4 Å². The fourth-order valence-corrected chi connectivity index (χ4v) is 2.97. The molecule has 1 amide bonds. The highest BCUT2D eigenvalue weighted by molar-refractivity contribution is 9.10. The number of halogens is 1. The fraction of sp³-hybridized carbons (Fsp3) is 0.167. The molecule has 6 nitrogen and oxygen atoms in total. The van der Waals surface area contributed by atoms with Crippen LogP contribution >= 0.6 is 15.9 Å². The van der Waals surface area contributed by atoms with Crippen LogP contribution in [0.2, 0.25) is 0 Å². The molecule has 0 aliphatic carbocycles. The van der Waals surface area contributed by atoms with Crippen molar-refractivity contribution in [1.29, 1.82) is 0 Å². The zero-order valence-corrected chi connectivity index (χ0v) is 15.3. The predicted octanol–water partition coefficient (Wildman–Crippen LogP) is 2.70. The summed E-state index contributed by atoms with van der Waals surface area (Å²) in [5.41, 5.74) is 1.81. The Balaban J connectivity index is 1.87. The summed E-state index contributed by atoms with van der Waals surface area (Å²) in [6, 6.07) is 9.13. The first kappa shape index (κ1) is 17.2. The molecule has 25 heavy (non-hydrogen) atoms. The van der Waals surface area contributed by atoms with E-state index in [0.29, 0.717) is 11.4 Å². The number of methoxy groups -OCH3 is 1. The van der Waals surface area contributed by atoms with Gasteiger partial charge in [0.05, 0.1) is 7.11 Å². The third kappa shape index (κ3) is 3.41. The molecule has 2 heterocycles. The van der Waals surface area contributed by atoms with E-state index in [2.05, 4.69) is 26.2 Å². The summed E-state index contributed by atoms with van der Waals surface area (Å²) in [4.78, 5) is 29.2. The average molecular weight is 402 g/mol. The molecule has 7 heteroatoms. The number of aromatic nitrogens is 2. The van der Waals surface area contributed by atoms with Gasteiger partial charge in [-0.05, 0) is 36.8 Å². The van der Waals surface area contributed by atoms with Crippen LogP contribution in [-0.4, -0.2) is 22.4 Å². The number of pyridine rings is 1. The zero-order valence-electron chi connectivity index (χ0n) is 13.7. The van der Waals surface area contributed by atoms with E-state index < -0.39 is 11.5 Å². The van der Waals surface area contributed by atoms with Crippen LogP contribution in [0.1, 0.15) is 21.5 Å². The number of hydrogen-bond donors (Lipinski definition) is 1. The van der Waals surface area contributed by atoms with E-state index in [1.807, 2.05) is 25.1 Å². The van der Waals surface area contributed by atoms with E-state index in [4.69, 9.17) is 4.74 Å². The maximum absolute atomic E-state index is 12.5. The number of nitrogens with zero attached hydrogens (tertiary/aromatic N) is 2. The number of carbonyl (C=O) groups excluding carboxylic acids is 1. The summed E-state index contributed by atoms with van der Waals surface area (Å²) in [5.74, 6) is 0.183. The molecule has 3 aromatic rings. The Bertz CT molecular complexity index is 1010. The number of ether oxygens (including phenoxy) is 1. The topological polar surface area (TPSA) is 72.7 Å². The summed E-state index contributed by atoms with van der Waals surface area (Å²) < 4.78 is 7.54. The van der Waals surface area contributed by atoms with Crippen LogP contribution in [0.4, 0.5) is 0 Å². The molecule has 3 rings (SSSR count). The van der Waals surface area contributed by atoms with Crippen LogP contribution in [0.3, 0.4) is 0 Å². The normalized spacial score (nSPS) is 10.7. The molecule has 1 N–H and O–H groups in total. The summed E-state index contributed by atoms with van der Waals surface area (Å²) >= 11 is 3.39. The minimum atomic E-state index is -0.476. The van der Waals surface area contributed by atoms with Crippen LogP contribution < -0.4 is 15.6 Å². The minimum absolute atomic E-state index is 0.00272. The number of hydrogen-bond acceptors (Lipinski definition) is 4. The molecule has 1 aromatic carbocycles. The van der Waals surface area contributed by atoms with Crippen LogP contribution in [0.25, 0.3) is 5.65 Å². The van der Waals surface area contributed by atoms with Gasteiger partial charge in [0.1, 0.15) is 17.0 Å². The standard InChI is InChI=1S/C18H16BrN3O3/c1-11-4-3-7-22-16(11)20-10-14(18(22)24)17(23)21-9-12-8-13(19)5-6-15(12)25-2/h3-8,10H,9H2,1-2H3,(H,21,23). The lowest BCUT2D eigenvalue weighted by atomic mass is 10.2. The molecule has 0 saturated carbocycles. The molecular formula is C18H16BrN3O3. The Morgan fingerprint density at radius 3 is 2.92 bits per heavy atom. The monoisotopic (exact) mass is 401 g/mol. The number of carbonyl (C=O) groups is 1. The van der Waals surface area contributed by atoms with Crippen molar-refractivity contribution in [2.75, 3.05) is 7.11 Å². The summed E-state index contributed by atoms with van der Waals surface area (Å²) in [6.45, 7) is 2.10. The Morgan fingerprint density at radius 1 is 1.36 bits per heavy atom. The molecule has 0 saturated heterocycles. The number of fused-ring (bicyclic) bond motifs is 1. The predicted molar refractivity (Wildman–Crippen MR) is 98.1 cm³/mol. The van der Waals surface area contributed by atoms with E-state index >= 15 is 0 Å². The molecule has 2 aromatic heterocycles. The lowest BCUT2D eigenvalue weighted by molar-refractivity contribution is 0.0948. The molecule has 0 atom stereocenters. The molecule has 0 unspecified atom stereocenters. The van der Waals surface area contributed by atoms with Crippen molar-refractivity contribution >= 4 is 27.5 Å². The van der Waals surface area contributed by atoms with Crippen LogP contribution in [0, 0.1) is 6.92 Å².